The highest BCUT2D eigenvalue weighted by atomic mass is 16.5. The van der Waals surface area contributed by atoms with Crippen LogP contribution in [0.4, 0.5) is 11.4 Å². The quantitative estimate of drug-likeness (QED) is 0.782. The fraction of sp³-hybridized carbons (Fsp3) is 0.455. The van der Waals surface area contributed by atoms with E-state index in [9.17, 15) is 4.79 Å². The van der Waals surface area contributed by atoms with Crippen molar-refractivity contribution >= 4 is 17.3 Å². The first-order valence-corrected chi connectivity index (χ1v) is 9.98. The standard InChI is InChI=1S/C22H29N3O3/c1-4-25(5-2)18-7-8-20(16(3)14-18)24-22(26)17-6-9-21(23-15-17)28-19-10-12-27-13-11-19/h6-9,14-15,19H,4-5,10-13H2,1-3H3,(H,24,26). The Morgan fingerprint density at radius 1 is 1.21 bits per heavy atom. The smallest absolute Gasteiger partial charge is 0.257 e. The summed E-state index contributed by atoms with van der Waals surface area (Å²) >= 11 is 0. The maximum Gasteiger partial charge on any atom is 0.257 e. The van der Waals surface area contributed by atoms with Crippen LogP contribution in [0.25, 0.3) is 0 Å². The van der Waals surface area contributed by atoms with Crippen molar-refractivity contribution in [1.82, 2.24) is 4.98 Å². The lowest BCUT2D eigenvalue weighted by molar-refractivity contribution is 0.0237. The van der Waals surface area contributed by atoms with E-state index in [1.54, 1.807) is 18.3 Å². The molecule has 0 aliphatic carbocycles. The van der Waals surface area contributed by atoms with E-state index in [1.165, 1.54) is 0 Å². The van der Waals surface area contributed by atoms with Crippen LogP contribution in [0.5, 0.6) is 5.88 Å². The lowest BCUT2D eigenvalue weighted by Crippen LogP contribution is -2.26. The van der Waals surface area contributed by atoms with Crippen LogP contribution in [0.15, 0.2) is 36.5 Å². The zero-order valence-corrected chi connectivity index (χ0v) is 16.9. The molecular weight excluding hydrogens is 354 g/mol. The Labute approximate surface area is 166 Å². The average molecular weight is 383 g/mol. The van der Waals surface area contributed by atoms with Crippen LogP contribution in [0, 0.1) is 6.92 Å². The van der Waals surface area contributed by atoms with Gasteiger partial charge < -0.3 is 19.7 Å². The van der Waals surface area contributed by atoms with Gasteiger partial charge in [0.05, 0.1) is 18.8 Å². The highest BCUT2D eigenvalue weighted by Crippen LogP contribution is 2.23. The lowest BCUT2D eigenvalue weighted by Gasteiger charge is -2.22. The molecule has 150 valence electrons. The second-order valence-corrected chi connectivity index (χ2v) is 6.94. The van der Waals surface area contributed by atoms with E-state index in [1.807, 2.05) is 19.1 Å². The summed E-state index contributed by atoms with van der Waals surface area (Å²) in [5.74, 6) is 0.368. The fourth-order valence-corrected chi connectivity index (χ4v) is 3.32. The van der Waals surface area contributed by atoms with Gasteiger partial charge >= 0.3 is 0 Å². The van der Waals surface area contributed by atoms with E-state index in [2.05, 4.69) is 35.1 Å². The summed E-state index contributed by atoms with van der Waals surface area (Å²) in [5, 5.41) is 2.97. The molecule has 1 aromatic carbocycles. The molecule has 0 spiro atoms. The zero-order chi connectivity index (χ0) is 19.9. The number of anilines is 2. The Hall–Kier alpha value is -2.60. The minimum absolute atomic E-state index is 0.132. The Balaban J connectivity index is 1.62. The molecule has 1 saturated heterocycles. The van der Waals surface area contributed by atoms with Crippen LogP contribution in [0.3, 0.4) is 0 Å². The number of aryl methyl sites for hydroxylation is 1. The Morgan fingerprint density at radius 2 is 1.96 bits per heavy atom. The maximum absolute atomic E-state index is 12.6. The first-order chi connectivity index (χ1) is 13.6. The van der Waals surface area contributed by atoms with Gasteiger partial charge in [0.15, 0.2) is 0 Å². The third-order valence-corrected chi connectivity index (χ3v) is 5.04. The summed E-state index contributed by atoms with van der Waals surface area (Å²) in [7, 11) is 0. The first kappa shape index (κ1) is 20.1. The number of nitrogens with one attached hydrogen (secondary N) is 1. The third-order valence-electron chi connectivity index (χ3n) is 5.04. The number of amides is 1. The Morgan fingerprint density at radius 3 is 2.57 bits per heavy atom. The summed E-state index contributed by atoms with van der Waals surface area (Å²) in [4.78, 5) is 19.1. The number of hydrogen-bond acceptors (Lipinski definition) is 5. The molecule has 3 rings (SSSR count). The first-order valence-electron chi connectivity index (χ1n) is 9.98. The largest absolute Gasteiger partial charge is 0.474 e. The van der Waals surface area contributed by atoms with Crippen LogP contribution in [-0.4, -0.2) is 43.3 Å². The lowest BCUT2D eigenvalue weighted by atomic mass is 10.1. The van der Waals surface area contributed by atoms with Crippen molar-refractivity contribution in [2.24, 2.45) is 0 Å². The van der Waals surface area contributed by atoms with E-state index < -0.39 is 0 Å². The summed E-state index contributed by atoms with van der Waals surface area (Å²) in [6, 6.07) is 9.60. The molecule has 1 amide bonds. The predicted molar refractivity (Wildman–Crippen MR) is 111 cm³/mol. The molecule has 6 nitrogen and oxygen atoms in total. The molecule has 0 atom stereocenters. The van der Waals surface area contributed by atoms with Gasteiger partial charge in [-0.05, 0) is 50.6 Å². The number of aromatic nitrogens is 1. The molecule has 1 aliphatic rings. The van der Waals surface area contributed by atoms with E-state index in [0.29, 0.717) is 11.4 Å². The molecule has 0 bridgehead atoms. The molecule has 28 heavy (non-hydrogen) atoms. The number of carbonyl (C=O) groups excluding carboxylic acids is 1. The summed E-state index contributed by atoms with van der Waals surface area (Å²) in [5.41, 5.74) is 3.51. The highest BCUT2D eigenvalue weighted by Gasteiger charge is 2.16. The van der Waals surface area contributed by atoms with E-state index in [-0.39, 0.29) is 12.0 Å². The maximum atomic E-state index is 12.6. The molecule has 0 saturated carbocycles. The summed E-state index contributed by atoms with van der Waals surface area (Å²) in [6.45, 7) is 9.62. The van der Waals surface area contributed by atoms with Crippen LogP contribution < -0.4 is 15.0 Å². The molecular formula is C22H29N3O3. The second kappa shape index (κ2) is 9.55. The van der Waals surface area contributed by atoms with Crippen molar-refractivity contribution in [3.05, 3.63) is 47.7 Å². The topological polar surface area (TPSA) is 63.7 Å². The van der Waals surface area contributed by atoms with Crippen molar-refractivity contribution in [2.75, 3.05) is 36.5 Å². The molecule has 1 aliphatic heterocycles. The van der Waals surface area contributed by atoms with Gasteiger partial charge in [-0.2, -0.15) is 0 Å². The molecule has 6 heteroatoms. The molecule has 1 N–H and O–H groups in total. The number of pyridine rings is 1. The minimum atomic E-state index is -0.177. The average Bonchev–Trinajstić information content (AvgIpc) is 2.72. The Bertz CT molecular complexity index is 782. The molecule has 1 fully saturated rings. The number of ether oxygens (including phenoxy) is 2. The number of carbonyl (C=O) groups is 1. The van der Waals surface area contributed by atoms with Gasteiger partial charge in [0.25, 0.3) is 5.91 Å². The van der Waals surface area contributed by atoms with Gasteiger partial charge in [0, 0.05) is 49.6 Å². The third kappa shape index (κ3) is 5.01. The highest BCUT2D eigenvalue weighted by molar-refractivity contribution is 6.04. The van der Waals surface area contributed by atoms with Crippen LogP contribution in [0.2, 0.25) is 0 Å². The zero-order valence-electron chi connectivity index (χ0n) is 16.9. The number of benzene rings is 1. The van der Waals surface area contributed by atoms with Crippen molar-refractivity contribution in [3.63, 3.8) is 0 Å². The molecule has 2 heterocycles. The van der Waals surface area contributed by atoms with E-state index >= 15 is 0 Å². The summed E-state index contributed by atoms with van der Waals surface area (Å²) < 4.78 is 11.2. The summed E-state index contributed by atoms with van der Waals surface area (Å²) in [6.07, 6.45) is 3.43. The van der Waals surface area contributed by atoms with Gasteiger partial charge in [-0.1, -0.05) is 0 Å². The fourth-order valence-electron chi connectivity index (χ4n) is 3.32. The van der Waals surface area contributed by atoms with Gasteiger partial charge in [-0.3, -0.25) is 4.79 Å². The van der Waals surface area contributed by atoms with E-state index in [0.717, 1.165) is 56.1 Å². The monoisotopic (exact) mass is 383 g/mol. The minimum Gasteiger partial charge on any atom is -0.474 e. The van der Waals surface area contributed by atoms with Gasteiger partial charge in [0.2, 0.25) is 5.88 Å². The molecule has 2 aromatic rings. The number of hydrogen-bond donors (Lipinski definition) is 1. The van der Waals surface area contributed by atoms with Gasteiger partial charge in [-0.25, -0.2) is 4.98 Å². The van der Waals surface area contributed by atoms with Crippen molar-refractivity contribution in [2.45, 2.75) is 39.7 Å². The number of rotatable bonds is 7. The van der Waals surface area contributed by atoms with Crippen LogP contribution in [0.1, 0.15) is 42.6 Å². The predicted octanol–water partition coefficient (Wildman–Crippen LogP) is 4.05. The van der Waals surface area contributed by atoms with Gasteiger partial charge in [-0.15, -0.1) is 0 Å². The molecule has 0 unspecified atom stereocenters. The van der Waals surface area contributed by atoms with Crippen molar-refractivity contribution in [3.8, 4) is 5.88 Å². The van der Waals surface area contributed by atoms with Crippen molar-refractivity contribution < 1.29 is 14.3 Å². The normalized spacial score (nSPS) is 14.5. The SMILES string of the molecule is CCN(CC)c1ccc(NC(=O)c2ccc(OC3CCOCC3)nc2)c(C)c1. The molecule has 1 aromatic heterocycles. The second-order valence-electron chi connectivity index (χ2n) is 6.94. The van der Waals surface area contributed by atoms with Crippen LogP contribution in [-0.2, 0) is 4.74 Å². The molecule has 0 radical (unpaired) electrons. The number of nitrogens with zero attached hydrogens (tertiary/aromatic N) is 2. The van der Waals surface area contributed by atoms with Crippen molar-refractivity contribution in [1.29, 1.82) is 0 Å². The Kier molecular flexibility index (Phi) is 6.87. The van der Waals surface area contributed by atoms with Gasteiger partial charge in [0.1, 0.15) is 6.10 Å². The van der Waals surface area contributed by atoms with E-state index in [4.69, 9.17) is 9.47 Å². The van der Waals surface area contributed by atoms with Crippen LogP contribution >= 0.6 is 0 Å².